The third-order valence-corrected chi connectivity index (χ3v) is 4.87. The lowest BCUT2D eigenvalue weighted by atomic mass is 10.1. The minimum absolute atomic E-state index is 0.00449. The fraction of sp³-hybridized carbons (Fsp3) is 0.182. The van der Waals surface area contributed by atoms with E-state index in [1.165, 1.54) is 0 Å². The van der Waals surface area contributed by atoms with Crippen molar-refractivity contribution in [2.24, 2.45) is 0 Å². The van der Waals surface area contributed by atoms with Gasteiger partial charge in [-0.25, -0.2) is 0 Å². The summed E-state index contributed by atoms with van der Waals surface area (Å²) in [4.78, 5) is 24.7. The summed E-state index contributed by atoms with van der Waals surface area (Å²) < 4.78 is 6.49. The Morgan fingerprint density at radius 3 is 2.50 bits per heavy atom. The van der Waals surface area contributed by atoms with E-state index in [9.17, 15) is 9.59 Å². The molecular weight excluding hydrogens is 420 g/mol. The van der Waals surface area contributed by atoms with Gasteiger partial charge in [-0.15, -0.1) is 0 Å². The maximum Gasteiger partial charge on any atom is 0.262 e. The number of fused-ring (bicyclic) bond motifs is 1. The van der Waals surface area contributed by atoms with Crippen molar-refractivity contribution < 1.29 is 14.3 Å². The second-order valence-corrected chi connectivity index (χ2v) is 7.40. The van der Waals surface area contributed by atoms with E-state index < -0.39 is 0 Å². The molecule has 0 aliphatic rings. The van der Waals surface area contributed by atoms with Crippen molar-refractivity contribution >= 4 is 44.2 Å². The Kier molecular flexibility index (Phi) is 6.31. The lowest BCUT2D eigenvalue weighted by molar-refractivity contribution is -0.118. The van der Waals surface area contributed by atoms with Crippen LogP contribution in [0.3, 0.4) is 0 Å². The molecule has 0 fully saturated rings. The summed E-state index contributed by atoms with van der Waals surface area (Å²) in [5.74, 6) is 0.00799. The van der Waals surface area contributed by atoms with Gasteiger partial charge in [-0.1, -0.05) is 42.5 Å². The molecule has 144 valence electrons. The van der Waals surface area contributed by atoms with Crippen molar-refractivity contribution in [3.8, 4) is 5.75 Å². The van der Waals surface area contributed by atoms with Gasteiger partial charge < -0.3 is 15.4 Å². The normalized spacial score (nSPS) is 10.7. The molecule has 2 amide bonds. The first-order valence-corrected chi connectivity index (χ1v) is 9.75. The number of halogens is 1. The van der Waals surface area contributed by atoms with Gasteiger partial charge in [0.2, 0.25) is 0 Å². The third-order valence-electron chi connectivity index (χ3n) is 4.05. The SMILES string of the molecule is CC(C)NC(=O)c1ccccc1NC(=O)COc1ccc2ccccc2c1Br. The molecule has 28 heavy (non-hydrogen) atoms. The quantitative estimate of drug-likeness (QED) is 0.580. The van der Waals surface area contributed by atoms with Crippen molar-refractivity contribution in [2.45, 2.75) is 19.9 Å². The van der Waals surface area contributed by atoms with E-state index in [0.29, 0.717) is 17.0 Å². The summed E-state index contributed by atoms with van der Waals surface area (Å²) in [6, 6.07) is 18.6. The molecule has 0 aliphatic heterocycles. The Morgan fingerprint density at radius 2 is 1.71 bits per heavy atom. The van der Waals surface area contributed by atoms with Gasteiger partial charge in [-0.05, 0) is 58.7 Å². The Labute approximate surface area is 172 Å². The van der Waals surface area contributed by atoms with E-state index in [1.807, 2.05) is 50.2 Å². The smallest absolute Gasteiger partial charge is 0.262 e. The molecule has 0 bridgehead atoms. The number of anilines is 1. The Bertz CT molecular complexity index is 1020. The van der Waals surface area contributed by atoms with Crippen LogP contribution in [0, 0.1) is 0 Å². The van der Waals surface area contributed by atoms with Gasteiger partial charge in [0.25, 0.3) is 11.8 Å². The molecule has 3 rings (SSSR count). The van der Waals surface area contributed by atoms with E-state index >= 15 is 0 Å². The predicted molar refractivity (Wildman–Crippen MR) is 115 cm³/mol. The van der Waals surface area contributed by atoms with Gasteiger partial charge in [0.05, 0.1) is 15.7 Å². The number of amides is 2. The molecule has 6 heteroatoms. The Morgan fingerprint density at radius 1 is 1.00 bits per heavy atom. The van der Waals surface area contributed by atoms with Gasteiger partial charge in [0, 0.05) is 6.04 Å². The van der Waals surface area contributed by atoms with Crippen molar-refractivity contribution in [3.05, 3.63) is 70.7 Å². The molecular formula is C22H21BrN2O3. The highest BCUT2D eigenvalue weighted by Crippen LogP contribution is 2.33. The summed E-state index contributed by atoms with van der Waals surface area (Å²) in [5, 5.41) is 7.67. The molecule has 3 aromatic carbocycles. The van der Waals surface area contributed by atoms with Crippen LogP contribution in [0.25, 0.3) is 10.8 Å². The minimum atomic E-state index is -0.343. The highest BCUT2D eigenvalue weighted by molar-refractivity contribution is 9.10. The number of nitrogens with one attached hydrogen (secondary N) is 2. The van der Waals surface area contributed by atoms with E-state index in [1.54, 1.807) is 24.3 Å². The first kappa shape index (κ1) is 19.9. The second-order valence-electron chi connectivity index (χ2n) is 6.61. The van der Waals surface area contributed by atoms with Gasteiger partial charge in [-0.2, -0.15) is 0 Å². The average Bonchev–Trinajstić information content (AvgIpc) is 2.67. The molecule has 0 saturated carbocycles. The fourth-order valence-corrected chi connectivity index (χ4v) is 3.39. The number of para-hydroxylation sites is 1. The molecule has 0 heterocycles. The summed E-state index contributed by atoms with van der Waals surface area (Å²) in [5.41, 5.74) is 0.864. The molecule has 0 aliphatic carbocycles. The number of benzene rings is 3. The summed E-state index contributed by atoms with van der Waals surface area (Å²) in [7, 11) is 0. The zero-order valence-electron chi connectivity index (χ0n) is 15.7. The first-order chi connectivity index (χ1) is 13.5. The summed E-state index contributed by atoms with van der Waals surface area (Å²) in [6.45, 7) is 3.60. The number of carbonyl (C=O) groups excluding carboxylic acids is 2. The zero-order valence-corrected chi connectivity index (χ0v) is 17.2. The second kappa shape index (κ2) is 8.89. The predicted octanol–water partition coefficient (Wildman–Crippen LogP) is 4.76. The van der Waals surface area contributed by atoms with Crippen LogP contribution in [0.2, 0.25) is 0 Å². The minimum Gasteiger partial charge on any atom is -0.483 e. The summed E-state index contributed by atoms with van der Waals surface area (Å²) in [6.07, 6.45) is 0. The number of carbonyl (C=O) groups is 2. The fourth-order valence-electron chi connectivity index (χ4n) is 2.78. The molecule has 0 unspecified atom stereocenters. The van der Waals surface area contributed by atoms with Crippen LogP contribution in [-0.2, 0) is 4.79 Å². The van der Waals surface area contributed by atoms with Gasteiger partial charge in [0.1, 0.15) is 5.75 Å². The third kappa shape index (κ3) is 4.70. The van der Waals surface area contributed by atoms with E-state index in [0.717, 1.165) is 15.2 Å². The van der Waals surface area contributed by atoms with Crippen molar-refractivity contribution in [1.82, 2.24) is 5.32 Å². The van der Waals surface area contributed by atoms with Crippen LogP contribution in [0.15, 0.2) is 65.1 Å². The molecule has 0 aromatic heterocycles. The molecule has 0 radical (unpaired) electrons. The highest BCUT2D eigenvalue weighted by atomic mass is 79.9. The van der Waals surface area contributed by atoms with Gasteiger partial charge in [0.15, 0.2) is 6.61 Å². The molecule has 0 saturated heterocycles. The van der Waals surface area contributed by atoms with Crippen LogP contribution in [0.5, 0.6) is 5.75 Å². The number of hydrogen-bond donors (Lipinski definition) is 2. The lowest BCUT2D eigenvalue weighted by Gasteiger charge is -2.14. The van der Waals surface area contributed by atoms with Crippen LogP contribution in [-0.4, -0.2) is 24.5 Å². The van der Waals surface area contributed by atoms with Gasteiger partial charge in [-0.3, -0.25) is 9.59 Å². The molecule has 5 nitrogen and oxygen atoms in total. The largest absolute Gasteiger partial charge is 0.483 e. The van der Waals surface area contributed by atoms with Crippen LogP contribution in [0.4, 0.5) is 5.69 Å². The molecule has 3 aromatic rings. The van der Waals surface area contributed by atoms with Gasteiger partial charge >= 0.3 is 0 Å². The topological polar surface area (TPSA) is 67.4 Å². The molecule has 2 N–H and O–H groups in total. The van der Waals surface area contributed by atoms with E-state index in [-0.39, 0.29) is 24.5 Å². The molecule has 0 spiro atoms. The van der Waals surface area contributed by atoms with E-state index in [4.69, 9.17) is 4.74 Å². The number of rotatable bonds is 6. The van der Waals surface area contributed by atoms with Crippen molar-refractivity contribution in [2.75, 3.05) is 11.9 Å². The van der Waals surface area contributed by atoms with Crippen molar-refractivity contribution in [1.29, 1.82) is 0 Å². The first-order valence-electron chi connectivity index (χ1n) is 8.95. The average molecular weight is 441 g/mol. The molecule has 0 atom stereocenters. The van der Waals surface area contributed by atoms with Crippen molar-refractivity contribution in [3.63, 3.8) is 0 Å². The highest BCUT2D eigenvalue weighted by Gasteiger charge is 2.14. The van der Waals surface area contributed by atoms with Crippen LogP contribution >= 0.6 is 15.9 Å². The van der Waals surface area contributed by atoms with E-state index in [2.05, 4.69) is 26.6 Å². The zero-order chi connectivity index (χ0) is 20.1. The Hall–Kier alpha value is -2.86. The van der Waals surface area contributed by atoms with Crippen LogP contribution in [0.1, 0.15) is 24.2 Å². The van der Waals surface area contributed by atoms with Crippen LogP contribution < -0.4 is 15.4 Å². The maximum absolute atomic E-state index is 12.4. The summed E-state index contributed by atoms with van der Waals surface area (Å²) >= 11 is 3.54. The monoisotopic (exact) mass is 440 g/mol. The lowest BCUT2D eigenvalue weighted by Crippen LogP contribution is -2.31. The number of hydrogen-bond acceptors (Lipinski definition) is 3. The Balaban J connectivity index is 1.69. The maximum atomic E-state index is 12.4. The number of ether oxygens (including phenoxy) is 1. The standard InChI is InChI=1S/C22H21BrN2O3/c1-14(2)24-22(27)17-9-5-6-10-18(17)25-20(26)13-28-19-12-11-15-7-3-4-8-16(15)21(19)23/h3-12,14H,13H2,1-2H3,(H,24,27)(H,25,26).